The molecule has 0 unspecified atom stereocenters. The Balaban J connectivity index is 2.43. The fraction of sp³-hybridized carbons (Fsp3) is 0.214. The lowest BCUT2D eigenvalue weighted by atomic mass is 10.1. The van der Waals surface area contributed by atoms with Crippen molar-refractivity contribution in [2.24, 2.45) is 0 Å². The first kappa shape index (κ1) is 14.2. The van der Waals surface area contributed by atoms with E-state index < -0.39 is 5.97 Å². The molecule has 1 N–H and O–H groups in total. The molecule has 0 aliphatic carbocycles. The van der Waals surface area contributed by atoms with E-state index in [1.807, 2.05) is 6.92 Å². The number of carbonyl (C=O) groups is 2. The van der Waals surface area contributed by atoms with Crippen LogP contribution in [0.25, 0.3) is 11.3 Å². The number of nitrogens with zero attached hydrogens (tertiary/aromatic N) is 1. The zero-order chi connectivity index (χ0) is 14.7. The summed E-state index contributed by atoms with van der Waals surface area (Å²) in [5.74, 6) is -0.538. The van der Waals surface area contributed by atoms with E-state index in [4.69, 9.17) is 4.74 Å². The van der Waals surface area contributed by atoms with Crippen LogP contribution in [0.1, 0.15) is 32.0 Å². The van der Waals surface area contributed by atoms with Crippen LogP contribution in [0, 0.1) is 6.92 Å². The van der Waals surface area contributed by atoms with Gasteiger partial charge in [0.25, 0.3) is 0 Å². The predicted octanol–water partition coefficient (Wildman–Crippen LogP) is 2.81. The second kappa shape index (κ2) is 5.83. The first-order valence-electron chi connectivity index (χ1n) is 6.00. The minimum absolute atomic E-state index is 0.0813. The number of hydrogen-bond acceptors (Lipinski definition) is 6. The van der Waals surface area contributed by atoms with Gasteiger partial charge in [-0.05, 0) is 32.0 Å². The smallest absolute Gasteiger partial charge is 0.367 e. The van der Waals surface area contributed by atoms with Crippen LogP contribution in [0.4, 0.5) is 0 Å². The third kappa shape index (κ3) is 2.70. The van der Waals surface area contributed by atoms with Crippen LogP contribution < -0.4 is 0 Å². The first-order valence-corrected chi connectivity index (χ1v) is 6.81. The molecular weight excluding hydrogens is 278 g/mol. The molecule has 2 rings (SSSR count). The summed E-state index contributed by atoms with van der Waals surface area (Å²) in [5.41, 5.74) is 1.47. The van der Waals surface area contributed by atoms with Crippen LogP contribution in [0.2, 0.25) is 0 Å². The standard InChI is InChI=1S/C14H13NO4S/c1-3-19-14(18)13-15-12(8(2)20-13)9-4-5-11(17)10(6-9)7-16/h4-7,17H,3H2,1-2H3. The van der Waals surface area contributed by atoms with Gasteiger partial charge in [0.05, 0.1) is 17.9 Å². The van der Waals surface area contributed by atoms with E-state index in [-0.39, 0.29) is 16.3 Å². The number of ether oxygens (including phenoxy) is 1. The Morgan fingerprint density at radius 2 is 2.25 bits per heavy atom. The maximum absolute atomic E-state index is 11.6. The Bertz CT molecular complexity index is 663. The van der Waals surface area contributed by atoms with Gasteiger partial charge in [-0.25, -0.2) is 9.78 Å². The van der Waals surface area contributed by atoms with Crippen LogP contribution >= 0.6 is 11.3 Å². The summed E-state index contributed by atoms with van der Waals surface area (Å²) in [7, 11) is 0. The van der Waals surface area contributed by atoms with Gasteiger partial charge in [0, 0.05) is 10.4 Å². The summed E-state index contributed by atoms with van der Waals surface area (Å²) in [6.45, 7) is 3.86. The lowest BCUT2D eigenvalue weighted by Crippen LogP contribution is -2.03. The second-order valence-electron chi connectivity index (χ2n) is 4.04. The number of hydrogen-bond donors (Lipinski definition) is 1. The van der Waals surface area contributed by atoms with Crippen molar-refractivity contribution in [3.63, 3.8) is 0 Å². The van der Waals surface area contributed by atoms with Crippen molar-refractivity contribution in [3.8, 4) is 17.0 Å². The van der Waals surface area contributed by atoms with Crippen LogP contribution in [0.15, 0.2) is 18.2 Å². The molecule has 104 valence electrons. The van der Waals surface area contributed by atoms with E-state index in [0.717, 1.165) is 4.88 Å². The van der Waals surface area contributed by atoms with Gasteiger partial charge in [-0.2, -0.15) is 0 Å². The number of thiazole rings is 1. The monoisotopic (exact) mass is 291 g/mol. The predicted molar refractivity (Wildman–Crippen MR) is 75.3 cm³/mol. The van der Waals surface area contributed by atoms with Crippen molar-refractivity contribution >= 4 is 23.6 Å². The Hall–Kier alpha value is -2.21. The molecule has 1 heterocycles. The topological polar surface area (TPSA) is 76.5 Å². The first-order chi connectivity index (χ1) is 9.56. The Morgan fingerprint density at radius 3 is 2.90 bits per heavy atom. The molecule has 0 bridgehead atoms. The molecule has 0 spiro atoms. The van der Waals surface area contributed by atoms with Crippen LogP contribution in [0.5, 0.6) is 5.75 Å². The molecule has 0 amide bonds. The molecule has 20 heavy (non-hydrogen) atoms. The molecule has 1 aromatic carbocycles. The van der Waals surface area contributed by atoms with Crippen LogP contribution in [-0.4, -0.2) is 29.0 Å². The number of aromatic nitrogens is 1. The highest BCUT2D eigenvalue weighted by molar-refractivity contribution is 7.13. The molecule has 0 radical (unpaired) electrons. The summed E-state index contributed by atoms with van der Waals surface area (Å²) in [6.07, 6.45) is 0.576. The highest BCUT2D eigenvalue weighted by Crippen LogP contribution is 2.30. The molecule has 0 fully saturated rings. The van der Waals surface area contributed by atoms with Crippen molar-refractivity contribution in [2.75, 3.05) is 6.61 Å². The molecule has 2 aromatic rings. The average Bonchev–Trinajstić information content (AvgIpc) is 2.82. The number of phenolic OH excluding ortho intramolecular Hbond substituents is 1. The Morgan fingerprint density at radius 1 is 1.50 bits per heavy atom. The van der Waals surface area contributed by atoms with Crippen molar-refractivity contribution in [2.45, 2.75) is 13.8 Å². The van der Waals surface area contributed by atoms with Gasteiger partial charge in [0.1, 0.15) is 5.75 Å². The zero-order valence-corrected chi connectivity index (χ0v) is 11.9. The largest absolute Gasteiger partial charge is 0.507 e. The van der Waals surface area contributed by atoms with Crippen LogP contribution in [-0.2, 0) is 4.74 Å². The lowest BCUT2D eigenvalue weighted by Gasteiger charge is -2.02. The van der Waals surface area contributed by atoms with Gasteiger partial charge in [-0.1, -0.05) is 0 Å². The summed E-state index contributed by atoms with van der Waals surface area (Å²) < 4.78 is 4.91. The third-order valence-electron chi connectivity index (χ3n) is 2.67. The molecule has 0 aliphatic heterocycles. The number of esters is 1. The maximum Gasteiger partial charge on any atom is 0.367 e. The summed E-state index contributed by atoms with van der Waals surface area (Å²) in [4.78, 5) is 27.6. The van der Waals surface area contributed by atoms with Crippen molar-refractivity contribution in [1.29, 1.82) is 0 Å². The van der Waals surface area contributed by atoms with E-state index in [2.05, 4.69) is 4.98 Å². The second-order valence-corrected chi connectivity index (χ2v) is 5.24. The van der Waals surface area contributed by atoms with E-state index in [0.29, 0.717) is 24.2 Å². The number of rotatable bonds is 4. The van der Waals surface area contributed by atoms with Crippen molar-refractivity contribution < 1.29 is 19.4 Å². The van der Waals surface area contributed by atoms with Crippen molar-refractivity contribution in [3.05, 3.63) is 33.6 Å². The fourth-order valence-electron chi connectivity index (χ4n) is 1.74. The zero-order valence-electron chi connectivity index (χ0n) is 11.0. The highest BCUT2D eigenvalue weighted by atomic mass is 32.1. The minimum atomic E-state index is -0.457. The lowest BCUT2D eigenvalue weighted by molar-refractivity contribution is 0.0526. The van der Waals surface area contributed by atoms with E-state index in [1.165, 1.54) is 17.4 Å². The normalized spacial score (nSPS) is 10.3. The highest BCUT2D eigenvalue weighted by Gasteiger charge is 2.17. The number of benzene rings is 1. The van der Waals surface area contributed by atoms with Crippen LogP contribution in [0.3, 0.4) is 0 Å². The van der Waals surface area contributed by atoms with Gasteiger partial charge in [-0.15, -0.1) is 11.3 Å². The van der Waals surface area contributed by atoms with E-state index in [9.17, 15) is 14.7 Å². The number of aryl methyl sites for hydroxylation is 1. The Labute approximate surface area is 119 Å². The quantitative estimate of drug-likeness (QED) is 0.692. The molecule has 6 heteroatoms. The molecule has 0 aliphatic rings. The summed E-state index contributed by atoms with van der Waals surface area (Å²) >= 11 is 1.24. The third-order valence-corrected chi connectivity index (χ3v) is 3.63. The fourth-order valence-corrected chi connectivity index (χ4v) is 2.57. The number of aldehydes is 1. The van der Waals surface area contributed by atoms with Gasteiger partial charge < -0.3 is 9.84 Å². The van der Waals surface area contributed by atoms with Gasteiger partial charge in [0.2, 0.25) is 5.01 Å². The SMILES string of the molecule is CCOC(=O)c1nc(-c2ccc(O)c(C=O)c2)c(C)s1. The molecule has 0 saturated carbocycles. The molecular formula is C14H13NO4S. The molecule has 1 aromatic heterocycles. The average molecular weight is 291 g/mol. The number of phenols is 1. The minimum Gasteiger partial charge on any atom is -0.507 e. The molecule has 0 saturated heterocycles. The van der Waals surface area contributed by atoms with E-state index >= 15 is 0 Å². The molecule has 0 atom stereocenters. The van der Waals surface area contributed by atoms with Gasteiger partial charge in [0.15, 0.2) is 6.29 Å². The maximum atomic E-state index is 11.6. The summed E-state index contributed by atoms with van der Waals surface area (Å²) in [6, 6.07) is 4.63. The summed E-state index contributed by atoms with van der Waals surface area (Å²) in [5, 5.41) is 9.77. The Kier molecular flexibility index (Phi) is 4.14. The van der Waals surface area contributed by atoms with Crippen molar-refractivity contribution in [1.82, 2.24) is 4.98 Å². The number of aromatic hydroxyl groups is 1. The van der Waals surface area contributed by atoms with Gasteiger partial charge >= 0.3 is 5.97 Å². The molecule has 5 nitrogen and oxygen atoms in total. The van der Waals surface area contributed by atoms with Gasteiger partial charge in [-0.3, -0.25) is 4.79 Å². The van der Waals surface area contributed by atoms with E-state index in [1.54, 1.807) is 19.1 Å². The number of carbonyl (C=O) groups excluding carboxylic acids is 2.